The molecule has 2 aromatic heterocycles. The average Bonchev–Trinajstić information content (AvgIpc) is 2.84. The summed E-state index contributed by atoms with van der Waals surface area (Å²) in [6, 6.07) is 2.79. The lowest BCUT2D eigenvalue weighted by molar-refractivity contribution is -0.145. The monoisotopic (exact) mass is 265 g/mol. The van der Waals surface area contributed by atoms with Crippen LogP contribution in [-0.4, -0.2) is 15.5 Å². The van der Waals surface area contributed by atoms with Crippen molar-refractivity contribution in [3.05, 3.63) is 45.3 Å². The van der Waals surface area contributed by atoms with Gasteiger partial charge in [-0.25, -0.2) is 4.98 Å². The van der Waals surface area contributed by atoms with Gasteiger partial charge in [-0.15, -0.1) is 11.3 Å². The van der Waals surface area contributed by atoms with Gasteiger partial charge in [0, 0.05) is 29.5 Å². The van der Waals surface area contributed by atoms with E-state index in [0.29, 0.717) is 10.7 Å². The van der Waals surface area contributed by atoms with Crippen LogP contribution in [0.15, 0.2) is 34.7 Å². The molecule has 0 atom stereocenters. The fourth-order valence-corrected chi connectivity index (χ4v) is 1.85. The van der Waals surface area contributed by atoms with E-state index in [0.717, 1.165) is 0 Å². The predicted molar refractivity (Wildman–Crippen MR) is 67.0 cm³/mol. The first-order valence-electron chi connectivity index (χ1n) is 5.15. The summed E-state index contributed by atoms with van der Waals surface area (Å²) in [6.45, 7) is -0.0389. The summed E-state index contributed by atoms with van der Waals surface area (Å²) in [5.41, 5.74) is 5.66. The summed E-state index contributed by atoms with van der Waals surface area (Å²) in [7, 11) is 0. The summed E-state index contributed by atoms with van der Waals surface area (Å²) in [5, 5.41) is 2.51. The Morgan fingerprint density at radius 3 is 3.06 bits per heavy atom. The van der Waals surface area contributed by atoms with Gasteiger partial charge in [-0.3, -0.25) is 9.59 Å². The van der Waals surface area contributed by atoms with E-state index in [1.54, 1.807) is 11.6 Å². The van der Waals surface area contributed by atoms with E-state index in [1.165, 1.54) is 34.2 Å². The molecule has 2 aromatic rings. The van der Waals surface area contributed by atoms with Gasteiger partial charge in [0.05, 0.1) is 0 Å². The lowest BCUT2D eigenvalue weighted by Gasteiger charge is -2.06. The van der Waals surface area contributed by atoms with E-state index >= 15 is 0 Å². The number of hydrogen-bond donors (Lipinski definition) is 1. The van der Waals surface area contributed by atoms with Crippen molar-refractivity contribution in [3.63, 3.8) is 0 Å². The molecule has 0 unspecified atom stereocenters. The Labute approximate surface area is 107 Å². The summed E-state index contributed by atoms with van der Waals surface area (Å²) >= 11 is 1.40. The Morgan fingerprint density at radius 2 is 2.33 bits per heavy atom. The molecule has 0 radical (unpaired) electrons. The predicted octanol–water partition coefficient (Wildman–Crippen LogP) is 0.630. The van der Waals surface area contributed by atoms with Crippen molar-refractivity contribution in [2.24, 2.45) is 0 Å². The second-order valence-electron chi connectivity index (χ2n) is 3.52. The molecule has 2 N–H and O–H groups in total. The van der Waals surface area contributed by atoms with E-state index in [2.05, 4.69) is 4.98 Å². The van der Waals surface area contributed by atoms with E-state index in [9.17, 15) is 9.59 Å². The van der Waals surface area contributed by atoms with Gasteiger partial charge in [0.25, 0.3) is 5.56 Å². The Hall–Kier alpha value is -2.15. The highest BCUT2D eigenvalue weighted by Crippen LogP contribution is 2.05. The van der Waals surface area contributed by atoms with Crippen molar-refractivity contribution >= 4 is 23.0 Å². The number of thiazole rings is 1. The van der Waals surface area contributed by atoms with Gasteiger partial charge in [-0.05, 0) is 6.07 Å². The highest BCUT2D eigenvalue weighted by Gasteiger charge is 2.07. The van der Waals surface area contributed by atoms with Crippen LogP contribution in [0.3, 0.4) is 0 Å². The van der Waals surface area contributed by atoms with Crippen LogP contribution in [0.1, 0.15) is 5.01 Å². The normalized spacial score (nSPS) is 10.2. The third-order valence-electron chi connectivity index (χ3n) is 2.15. The number of esters is 1. The number of carbonyl (C=O) groups is 1. The van der Waals surface area contributed by atoms with Gasteiger partial charge in [-0.1, -0.05) is 0 Å². The molecule has 0 amide bonds. The molecule has 6 nitrogen and oxygen atoms in total. The molecule has 0 aliphatic heterocycles. The zero-order valence-electron chi connectivity index (χ0n) is 9.41. The zero-order chi connectivity index (χ0) is 13.0. The second-order valence-corrected chi connectivity index (χ2v) is 4.49. The molecule has 0 fully saturated rings. The van der Waals surface area contributed by atoms with Crippen LogP contribution in [0.25, 0.3) is 0 Å². The molecule has 0 bridgehead atoms. The largest absolute Gasteiger partial charge is 0.457 e. The van der Waals surface area contributed by atoms with Crippen LogP contribution >= 0.6 is 11.3 Å². The molecule has 2 heterocycles. The highest BCUT2D eigenvalue weighted by molar-refractivity contribution is 7.09. The maximum atomic E-state index is 11.5. The Bertz CT molecular complexity index is 592. The number of rotatable bonds is 4. The molecular formula is C11H11N3O3S. The van der Waals surface area contributed by atoms with Crippen molar-refractivity contribution in [1.82, 2.24) is 9.55 Å². The summed E-state index contributed by atoms with van der Waals surface area (Å²) in [6.07, 6.45) is 3.04. The standard InChI is InChI=1S/C11H11N3O3S/c12-8-1-2-10(15)14(5-8)6-11(16)17-7-9-13-3-4-18-9/h1-5H,6-7,12H2. The number of pyridine rings is 1. The van der Waals surface area contributed by atoms with Gasteiger partial charge in [0.15, 0.2) is 0 Å². The Kier molecular flexibility index (Phi) is 3.73. The Morgan fingerprint density at radius 1 is 1.50 bits per heavy atom. The molecular weight excluding hydrogens is 254 g/mol. The van der Waals surface area contributed by atoms with Crippen LogP contribution < -0.4 is 11.3 Å². The first-order valence-corrected chi connectivity index (χ1v) is 6.03. The lowest BCUT2D eigenvalue weighted by atomic mass is 10.4. The minimum Gasteiger partial charge on any atom is -0.457 e. The van der Waals surface area contributed by atoms with Crippen LogP contribution in [0.5, 0.6) is 0 Å². The van der Waals surface area contributed by atoms with Crippen molar-refractivity contribution < 1.29 is 9.53 Å². The van der Waals surface area contributed by atoms with Crippen LogP contribution in [-0.2, 0) is 22.7 Å². The van der Waals surface area contributed by atoms with Gasteiger partial charge < -0.3 is 15.0 Å². The summed E-state index contributed by atoms with van der Waals surface area (Å²) < 4.78 is 6.20. The van der Waals surface area contributed by atoms with Crippen molar-refractivity contribution in [3.8, 4) is 0 Å². The number of carbonyl (C=O) groups excluding carboxylic acids is 1. The molecule has 0 aliphatic rings. The molecule has 0 aliphatic carbocycles. The summed E-state index contributed by atoms with van der Waals surface area (Å²) in [5.74, 6) is -0.502. The number of nitrogen functional groups attached to an aromatic ring is 1. The maximum Gasteiger partial charge on any atom is 0.326 e. The fraction of sp³-hybridized carbons (Fsp3) is 0.182. The molecule has 94 valence electrons. The minimum absolute atomic E-state index is 0.119. The van der Waals surface area contributed by atoms with Crippen molar-refractivity contribution in [2.45, 2.75) is 13.2 Å². The first-order chi connectivity index (χ1) is 8.65. The molecule has 7 heteroatoms. The minimum atomic E-state index is -0.502. The highest BCUT2D eigenvalue weighted by atomic mass is 32.1. The third kappa shape index (κ3) is 3.17. The SMILES string of the molecule is Nc1ccc(=O)n(CC(=O)OCc2nccs2)c1. The number of aromatic nitrogens is 2. The number of nitrogens with zero attached hydrogens (tertiary/aromatic N) is 2. The molecule has 18 heavy (non-hydrogen) atoms. The van der Waals surface area contributed by atoms with E-state index < -0.39 is 5.97 Å². The van der Waals surface area contributed by atoms with E-state index in [4.69, 9.17) is 10.5 Å². The van der Waals surface area contributed by atoms with Gasteiger partial charge in [0.1, 0.15) is 18.2 Å². The van der Waals surface area contributed by atoms with Gasteiger partial charge in [-0.2, -0.15) is 0 Å². The number of ether oxygens (including phenoxy) is 1. The molecule has 0 aromatic carbocycles. The molecule has 0 saturated heterocycles. The zero-order valence-corrected chi connectivity index (χ0v) is 10.2. The topological polar surface area (TPSA) is 87.2 Å². The molecule has 0 spiro atoms. The van der Waals surface area contributed by atoms with Gasteiger partial charge in [0.2, 0.25) is 0 Å². The molecule has 2 rings (SSSR count). The maximum absolute atomic E-state index is 11.5. The van der Waals surface area contributed by atoms with Crippen LogP contribution in [0.2, 0.25) is 0 Å². The van der Waals surface area contributed by atoms with Crippen LogP contribution in [0.4, 0.5) is 5.69 Å². The number of anilines is 1. The Balaban J connectivity index is 1.95. The summed E-state index contributed by atoms with van der Waals surface area (Å²) in [4.78, 5) is 26.9. The quantitative estimate of drug-likeness (QED) is 0.819. The van der Waals surface area contributed by atoms with E-state index in [-0.39, 0.29) is 18.7 Å². The fourth-order valence-electron chi connectivity index (χ4n) is 1.32. The van der Waals surface area contributed by atoms with E-state index in [1.807, 2.05) is 0 Å². The van der Waals surface area contributed by atoms with Gasteiger partial charge >= 0.3 is 5.97 Å². The molecule has 0 saturated carbocycles. The van der Waals surface area contributed by atoms with Crippen molar-refractivity contribution in [2.75, 3.05) is 5.73 Å². The smallest absolute Gasteiger partial charge is 0.326 e. The lowest BCUT2D eigenvalue weighted by Crippen LogP contribution is -2.24. The number of nitrogens with two attached hydrogens (primary N) is 1. The van der Waals surface area contributed by atoms with Crippen molar-refractivity contribution in [1.29, 1.82) is 0 Å². The average molecular weight is 265 g/mol. The number of hydrogen-bond acceptors (Lipinski definition) is 6. The second kappa shape index (κ2) is 5.46. The first kappa shape index (κ1) is 12.3. The third-order valence-corrected chi connectivity index (χ3v) is 2.90. The van der Waals surface area contributed by atoms with Crippen LogP contribution in [0, 0.1) is 0 Å².